The van der Waals surface area contributed by atoms with Crippen molar-refractivity contribution in [2.45, 2.75) is 19.8 Å². The molecule has 0 spiro atoms. The predicted octanol–water partition coefficient (Wildman–Crippen LogP) is 3.00. The normalized spacial score (nSPS) is 10.7. The fourth-order valence-electron chi connectivity index (χ4n) is 1.45. The molecule has 0 saturated heterocycles. The Morgan fingerprint density at radius 3 is 2.83 bits per heavy atom. The smallest absolute Gasteiger partial charge is 0.303 e. The van der Waals surface area contributed by atoms with Gasteiger partial charge in [0.05, 0.1) is 0 Å². The zero-order chi connectivity index (χ0) is 13.4. The minimum absolute atomic E-state index is 0.106. The van der Waals surface area contributed by atoms with Crippen LogP contribution >= 0.6 is 11.8 Å². The average molecular weight is 264 g/mol. The van der Waals surface area contributed by atoms with Gasteiger partial charge in [0, 0.05) is 19.1 Å². The number of benzene rings is 1. The van der Waals surface area contributed by atoms with Crippen LogP contribution in [-0.4, -0.2) is 21.9 Å². The quantitative estimate of drug-likeness (QED) is 0.858. The van der Waals surface area contributed by atoms with E-state index in [4.69, 9.17) is 5.11 Å². The van der Waals surface area contributed by atoms with Crippen molar-refractivity contribution in [3.63, 3.8) is 0 Å². The average Bonchev–Trinajstić information content (AvgIpc) is 2.32. The summed E-state index contributed by atoms with van der Waals surface area (Å²) in [5.74, 6) is -0.122. The van der Waals surface area contributed by atoms with Gasteiger partial charge < -0.3 is 5.11 Å². The molecule has 1 rings (SSSR count). The van der Waals surface area contributed by atoms with E-state index in [0.717, 1.165) is 11.1 Å². The monoisotopic (exact) mass is 264 g/mol. The van der Waals surface area contributed by atoms with Gasteiger partial charge in [-0.3, -0.25) is 9.59 Å². The molecule has 96 valence electrons. The lowest BCUT2D eigenvalue weighted by atomic mass is 10.1. The Balaban J connectivity index is 2.53. The summed E-state index contributed by atoms with van der Waals surface area (Å²) < 4.78 is 0. The number of rotatable bonds is 6. The molecule has 0 aliphatic carbocycles. The van der Waals surface area contributed by atoms with Gasteiger partial charge in [-0.2, -0.15) is 0 Å². The predicted molar refractivity (Wildman–Crippen MR) is 74.6 cm³/mol. The Labute approximate surface area is 111 Å². The maximum atomic E-state index is 10.7. The standard InChI is InChI=1S/C14H16O3S/c1-11(15)18-9-3-6-12-4-2-5-13(10-12)7-8-14(16)17/h2-6,10H,7-9H2,1H3,(H,16,17). The first-order valence-electron chi connectivity index (χ1n) is 5.68. The molecule has 4 heteroatoms. The zero-order valence-electron chi connectivity index (χ0n) is 10.3. The van der Waals surface area contributed by atoms with Crippen LogP contribution in [0.3, 0.4) is 0 Å². The lowest BCUT2D eigenvalue weighted by Gasteiger charge is -2.00. The van der Waals surface area contributed by atoms with E-state index in [1.165, 1.54) is 11.8 Å². The van der Waals surface area contributed by atoms with Crippen LogP contribution in [0.15, 0.2) is 30.3 Å². The minimum Gasteiger partial charge on any atom is -0.481 e. The summed E-state index contributed by atoms with van der Waals surface area (Å²) in [4.78, 5) is 21.2. The van der Waals surface area contributed by atoms with E-state index in [0.29, 0.717) is 12.2 Å². The van der Waals surface area contributed by atoms with Gasteiger partial charge in [0.2, 0.25) is 0 Å². The van der Waals surface area contributed by atoms with Gasteiger partial charge in [0.15, 0.2) is 5.12 Å². The van der Waals surface area contributed by atoms with Crippen LogP contribution in [0, 0.1) is 0 Å². The van der Waals surface area contributed by atoms with E-state index in [1.54, 1.807) is 6.92 Å². The lowest BCUT2D eigenvalue weighted by molar-refractivity contribution is -0.137. The van der Waals surface area contributed by atoms with Gasteiger partial charge in [-0.05, 0) is 17.5 Å². The highest BCUT2D eigenvalue weighted by Gasteiger charge is 1.99. The van der Waals surface area contributed by atoms with Crippen molar-refractivity contribution in [2.75, 3.05) is 5.75 Å². The summed E-state index contributed by atoms with van der Waals surface area (Å²) >= 11 is 1.27. The van der Waals surface area contributed by atoms with Crippen molar-refractivity contribution in [3.05, 3.63) is 41.5 Å². The van der Waals surface area contributed by atoms with Crippen LogP contribution in [-0.2, 0) is 16.0 Å². The number of carboxylic acid groups (broad SMARTS) is 1. The summed E-state index contributed by atoms with van der Waals surface area (Å²) in [6, 6.07) is 7.76. The Morgan fingerprint density at radius 2 is 2.17 bits per heavy atom. The van der Waals surface area contributed by atoms with Crippen LogP contribution in [0.4, 0.5) is 0 Å². The SMILES string of the molecule is CC(=O)SCC=Cc1cccc(CCC(=O)O)c1. The number of hydrogen-bond acceptors (Lipinski definition) is 3. The first-order valence-corrected chi connectivity index (χ1v) is 6.67. The fraction of sp³-hybridized carbons (Fsp3) is 0.286. The summed E-state index contributed by atoms with van der Waals surface area (Å²) in [5, 5.41) is 8.73. The second-order valence-corrected chi connectivity index (χ2v) is 5.04. The zero-order valence-corrected chi connectivity index (χ0v) is 11.1. The molecule has 18 heavy (non-hydrogen) atoms. The molecule has 1 aromatic carbocycles. The molecule has 0 bridgehead atoms. The van der Waals surface area contributed by atoms with E-state index < -0.39 is 5.97 Å². The van der Waals surface area contributed by atoms with Gasteiger partial charge in [-0.25, -0.2) is 0 Å². The molecular formula is C14H16O3S. The van der Waals surface area contributed by atoms with Crippen molar-refractivity contribution in [1.82, 2.24) is 0 Å². The molecule has 0 saturated carbocycles. The molecule has 0 aliphatic heterocycles. The molecule has 0 radical (unpaired) electrons. The highest BCUT2D eigenvalue weighted by atomic mass is 32.2. The Bertz CT molecular complexity index is 452. The molecule has 0 fully saturated rings. The van der Waals surface area contributed by atoms with E-state index >= 15 is 0 Å². The number of aliphatic carboxylic acids is 1. The largest absolute Gasteiger partial charge is 0.481 e. The molecule has 1 aromatic rings. The summed E-state index contributed by atoms with van der Waals surface area (Å²) in [5.41, 5.74) is 2.04. The van der Waals surface area contributed by atoms with Crippen molar-refractivity contribution < 1.29 is 14.7 Å². The minimum atomic E-state index is -0.784. The Kier molecular flexibility index (Phi) is 6.22. The number of carbonyl (C=O) groups is 2. The van der Waals surface area contributed by atoms with Gasteiger partial charge in [-0.15, -0.1) is 0 Å². The van der Waals surface area contributed by atoms with Gasteiger partial charge >= 0.3 is 5.97 Å². The third-order valence-corrected chi connectivity index (χ3v) is 3.04. The topological polar surface area (TPSA) is 54.4 Å². The first kappa shape index (κ1) is 14.5. The Hall–Kier alpha value is -1.55. The maximum Gasteiger partial charge on any atom is 0.303 e. The third kappa shape index (κ3) is 6.25. The van der Waals surface area contributed by atoms with Crippen molar-refractivity contribution in [2.24, 2.45) is 0 Å². The van der Waals surface area contributed by atoms with Crippen LogP contribution in [0.5, 0.6) is 0 Å². The van der Waals surface area contributed by atoms with Crippen LogP contribution < -0.4 is 0 Å². The molecular weight excluding hydrogens is 248 g/mol. The van der Waals surface area contributed by atoms with Gasteiger partial charge in [0.1, 0.15) is 0 Å². The molecule has 0 unspecified atom stereocenters. The number of carboxylic acids is 1. The number of carbonyl (C=O) groups excluding carboxylic acids is 1. The lowest BCUT2D eigenvalue weighted by Crippen LogP contribution is -1.97. The van der Waals surface area contributed by atoms with E-state index in [-0.39, 0.29) is 11.5 Å². The number of thioether (sulfide) groups is 1. The van der Waals surface area contributed by atoms with Crippen molar-refractivity contribution in [3.8, 4) is 0 Å². The number of aryl methyl sites for hydroxylation is 1. The van der Waals surface area contributed by atoms with Gasteiger partial charge in [-0.1, -0.05) is 48.2 Å². The number of hydrogen-bond donors (Lipinski definition) is 1. The highest BCUT2D eigenvalue weighted by Crippen LogP contribution is 2.10. The second kappa shape index (κ2) is 7.71. The van der Waals surface area contributed by atoms with E-state index in [2.05, 4.69) is 0 Å². The Morgan fingerprint density at radius 1 is 1.39 bits per heavy atom. The molecule has 0 aliphatic rings. The third-order valence-electron chi connectivity index (χ3n) is 2.27. The molecule has 0 amide bonds. The molecule has 1 N–H and O–H groups in total. The fourth-order valence-corrected chi connectivity index (χ4v) is 1.88. The van der Waals surface area contributed by atoms with Crippen molar-refractivity contribution >= 4 is 28.9 Å². The van der Waals surface area contributed by atoms with Crippen LogP contribution in [0.1, 0.15) is 24.5 Å². The molecule has 3 nitrogen and oxygen atoms in total. The summed E-state index contributed by atoms with van der Waals surface area (Å²) in [6.07, 6.45) is 4.56. The first-order chi connectivity index (χ1) is 8.58. The van der Waals surface area contributed by atoms with Crippen molar-refractivity contribution in [1.29, 1.82) is 0 Å². The van der Waals surface area contributed by atoms with E-state index in [1.807, 2.05) is 36.4 Å². The second-order valence-electron chi connectivity index (χ2n) is 3.84. The van der Waals surface area contributed by atoms with Crippen LogP contribution in [0.2, 0.25) is 0 Å². The molecule has 0 heterocycles. The van der Waals surface area contributed by atoms with E-state index in [9.17, 15) is 9.59 Å². The summed E-state index contributed by atoms with van der Waals surface area (Å²) in [6.45, 7) is 1.55. The van der Waals surface area contributed by atoms with Gasteiger partial charge in [0.25, 0.3) is 0 Å². The maximum absolute atomic E-state index is 10.7. The molecule has 0 atom stereocenters. The molecule has 0 aromatic heterocycles. The highest BCUT2D eigenvalue weighted by molar-refractivity contribution is 8.13. The summed E-state index contributed by atoms with van der Waals surface area (Å²) in [7, 11) is 0. The van der Waals surface area contributed by atoms with Crippen LogP contribution in [0.25, 0.3) is 6.08 Å².